The van der Waals surface area contributed by atoms with Crippen molar-refractivity contribution in [3.05, 3.63) is 11.4 Å². The molecule has 0 fully saturated rings. The van der Waals surface area contributed by atoms with Crippen molar-refractivity contribution < 1.29 is 4.79 Å². The molecule has 2 heterocycles. The molecule has 0 bridgehead atoms. The number of nitrogens with zero attached hydrogens (tertiary/aromatic N) is 5. The summed E-state index contributed by atoms with van der Waals surface area (Å²) >= 11 is 0. The van der Waals surface area contributed by atoms with Crippen LogP contribution >= 0.6 is 0 Å². The highest BCUT2D eigenvalue weighted by Crippen LogP contribution is 2.15. The lowest BCUT2D eigenvalue weighted by atomic mass is 10.1. The molecule has 6 heteroatoms. The lowest BCUT2D eigenvalue weighted by Gasteiger charge is -2.08. The van der Waals surface area contributed by atoms with E-state index in [1.54, 1.807) is 11.8 Å². The van der Waals surface area contributed by atoms with Crippen molar-refractivity contribution in [1.82, 2.24) is 20.0 Å². The Labute approximate surface area is 93.9 Å². The fourth-order valence-corrected chi connectivity index (χ4v) is 1.73. The zero-order chi connectivity index (χ0) is 11.9. The van der Waals surface area contributed by atoms with Crippen LogP contribution in [-0.4, -0.2) is 38.7 Å². The quantitative estimate of drug-likeness (QED) is 0.724. The molecular formula is C10H15N5O. The molecular weight excluding hydrogens is 206 g/mol. The second-order valence-electron chi connectivity index (χ2n) is 4.08. The lowest BCUT2D eigenvalue weighted by Crippen LogP contribution is -2.28. The maximum Gasteiger partial charge on any atom is 0.253 e. The third-order valence-corrected chi connectivity index (χ3v) is 2.83. The first-order valence-corrected chi connectivity index (χ1v) is 5.20. The van der Waals surface area contributed by atoms with Crippen LogP contribution in [0.15, 0.2) is 5.10 Å². The molecule has 1 aromatic rings. The summed E-state index contributed by atoms with van der Waals surface area (Å²) in [6, 6.07) is 0. The number of aryl methyl sites for hydroxylation is 2. The van der Waals surface area contributed by atoms with Crippen molar-refractivity contribution in [2.75, 3.05) is 7.05 Å². The average molecular weight is 221 g/mol. The topological polar surface area (TPSA) is 63.4 Å². The summed E-state index contributed by atoms with van der Waals surface area (Å²) in [5.41, 5.74) is 2.61. The highest BCUT2D eigenvalue weighted by atomic mass is 16.2. The Morgan fingerprint density at radius 2 is 1.75 bits per heavy atom. The second-order valence-corrected chi connectivity index (χ2v) is 4.08. The van der Waals surface area contributed by atoms with Gasteiger partial charge in [0.2, 0.25) is 0 Å². The van der Waals surface area contributed by atoms with Gasteiger partial charge in [0.15, 0.2) is 0 Å². The fraction of sp³-hybridized carbons (Fsp3) is 0.600. The third kappa shape index (κ3) is 1.70. The number of amides is 1. The van der Waals surface area contributed by atoms with Crippen LogP contribution in [0.3, 0.4) is 0 Å². The van der Waals surface area contributed by atoms with Crippen LogP contribution in [0.2, 0.25) is 0 Å². The van der Waals surface area contributed by atoms with E-state index in [1.807, 2.05) is 20.8 Å². The van der Waals surface area contributed by atoms with Crippen molar-refractivity contribution in [1.29, 1.82) is 0 Å². The SMILES string of the molecule is CC1=NN(C)C(=O)C1Cn1nc(C)c(C)n1. The molecule has 6 nitrogen and oxygen atoms in total. The molecule has 0 saturated heterocycles. The summed E-state index contributed by atoms with van der Waals surface area (Å²) in [6.07, 6.45) is 0. The summed E-state index contributed by atoms with van der Waals surface area (Å²) in [5, 5.41) is 14.0. The first-order valence-electron chi connectivity index (χ1n) is 5.20. The highest BCUT2D eigenvalue weighted by Gasteiger charge is 2.32. The second kappa shape index (κ2) is 3.70. The maximum atomic E-state index is 11.8. The normalized spacial score (nSPS) is 20.5. The molecule has 1 unspecified atom stereocenters. The molecule has 1 amide bonds. The van der Waals surface area contributed by atoms with Crippen molar-refractivity contribution >= 4 is 11.6 Å². The van der Waals surface area contributed by atoms with Crippen molar-refractivity contribution in [2.24, 2.45) is 11.0 Å². The van der Waals surface area contributed by atoms with Crippen molar-refractivity contribution in [3.8, 4) is 0 Å². The monoisotopic (exact) mass is 221 g/mol. The van der Waals surface area contributed by atoms with Crippen LogP contribution in [0.4, 0.5) is 0 Å². The first kappa shape index (κ1) is 10.8. The Morgan fingerprint density at radius 1 is 1.19 bits per heavy atom. The maximum absolute atomic E-state index is 11.8. The molecule has 1 aliphatic heterocycles. The molecule has 16 heavy (non-hydrogen) atoms. The van der Waals surface area contributed by atoms with Gasteiger partial charge < -0.3 is 0 Å². The van der Waals surface area contributed by atoms with E-state index >= 15 is 0 Å². The van der Waals surface area contributed by atoms with E-state index in [1.165, 1.54) is 5.01 Å². The van der Waals surface area contributed by atoms with Crippen LogP contribution in [0, 0.1) is 19.8 Å². The molecule has 0 radical (unpaired) electrons. The number of carbonyl (C=O) groups excluding carboxylic acids is 1. The Morgan fingerprint density at radius 3 is 2.19 bits per heavy atom. The predicted molar refractivity (Wildman–Crippen MR) is 58.9 cm³/mol. The van der Waals surface area contributed by atoms with Gasteiger partial charge in [-0.25, -0.2) is 5.01 Å². The third-order valence-electron chi connectivity index (χ3n) is 2.83. The molecule has 1 aliphatic rings. The van der Waals surface area contributed by atoms with Crippen LogP contribution in [-0.2, 0) is 11.3 Å². The van der Waals surface area contributed by atoms with Crippen LogP contribution < -0.4 is 0 Å². The minimum atomic E-state index is -0.226. The van der Waals surface area contributed by atoms with Gasteiger partial charge in [0.25, 0.3) is 5.91 Å². The minimum absolute atomic E-state index is 0.00473. The summed E-state index contributed by atoms with van der Waals surface area (Å²) in [5.74, 6) is -0.221. The predicted octanol–water partition coefficient (Wildman–Crippen LogP) is 0.359. The zero-order valence-electron chi connectivity index (χ0n) is 9.93. The van der Waals surface area contributed by atoms with Crippen LogP contribution in [0.25, 0.3) is 0 Å². The van der Waals surface area contributed by atoms with Crippen LogP contribution in [0.5, 0.6) is 0 Å². The molecule has 2 rings (SSSR count). The zero-order valence-corrected chi connectivity index (χ0v) is 9.93. The molecule has 0 aliphatic carbocycles. The van der Waals surface area contributed by atoms with E-state index in [-0.39, 0.29) is 11.8 Å². The summed E-state index contributed by atoms with van der Waals surface area (Å²) in [7, 11) is 1.67. The first-order chi connectivity index (χ1) is 7.49. The molecule has 0 N–H and O–H groups in total. The van der Waals surface area contributed by atoms with Gasteiger partial charge in [-0.3, -0.25) is 4.79 Å². The number of aromatic nitrogens is 3. The standard InChI is InChI=1S/C10H15N5O/c1-6-7(2)13-15(12-6)5-9-8(3)11-14(4)10(9)16/h9H,5H2,1-4H3. The van der Waals surface area contributed by atoms with E-state index in [2.05, 4.69) is 15.3 Å². The average Bonchev–Trinajstić information content (AvgIpc) is 2.63. The summed E-state index contributed by atoms with van der Waals surface area (Å²) in [4.78, 5) is 13.3. The van der Waals surface area contributed by atoms with Gasteiger partial charge in [-0.05, 0) is 20.8 Å². The van der Waals surface area contributed by atoms with E-state index in [4.69, 9.17) is 0 Å². The minimum Gasteiger partial charge on any atom is -0.272 e. The smallest absolute Gasteiger partial charge is 0.253 e. The number of hydrogen-bond donors (Lipinski definition) is 0. The fourth-order valence-electron chi connectivity index (χ4n) is 1.73. The molecule has 0 spiro atoms. The largest absolute Gasteiger partial charge is 0.272 e. The Kier molecular flexibility index (Phi) is 2.49. The molecule has 0 saturated carbocycles. The molecule has 1 aromatic heterocycles. The highest BCUT2D eigenvalue weighted by molar-refractivity contribution is 6.06. The number of hydrogen-bond acceptors (Lipinski definition) is 4. The molecule has 86 valence electrons. The Bertz CT molecular complexity index is 442. The lowest BCUT2D eigenvalue weighted by molar-refractivity contribution is -0.130. The van der Waals surface area contributed by atoms with Crippen molar-refractivity contribution in [2.45, 2.75) is 27.3 Å². The summed E-state index contributed by atoms with van der Waals surface area (Å²) < 4.78 is 0. The van der Waals surface area contributed by atoms with Crippen LogP contribution in [0.1, 0.15) is 18.3 Å². The number of rotatable bonds is 2. The van der Waals surface area contributed by atoms with Gasteiger partial charge in [0.05, 0.1) is 17.9 Å². The molecule has 0 aromatic carbocycles. The van der Waals surface area contributed by atoms with Gasteiger partial charge in [-0.15, -0.1) is 0 Å². The number of hydrazone groups is 1. The summed E-state index contributed by atoms with van der Waals surface area (Å²) in [6.45, 7) is 6.13. The van der Waals surface area contributed by atoms with E-state index < -0.39 is 0 Å². The van der Waals surface area contributed by atoms with Gasteiger partial charge in [0, 0.05) is 12.8 Å². The van der Waals surface area contributed by atoms with Gasteiger partial charge in [-0.1, -0.05) is 0 Å². The van der Waals surface area contributed by atoms with Gasteiger partial charge in [0.1, 0.15) is 5.92 Å². The Balaban J connectivity index is 2.17. The van der Waals surface area contributed by atoms with Gasteiger partial charge >= 0.3 is 0 Å². The molecule has 1 atom stereocenters. The van der Waals surface area contributed by atoms with E-state index in [0.717, 1.165) is 17.1 Å². The Hall–Kier alpha value is -1.72. The van der Waals surface area contributed by atoms with E-state index in [9.17, 15) is 4.79 Å². The van der Waals surface area contributed by atoms with E-state index in [0.29, 0.717) is 6.54 Å². The van der Waals surface area contributed by atoms with Crippen molar-refractivity contribution in [3.63, 3.8) is 0 Å². The van der Waals surface area contributed by atoms with Gasteiger partial charge in [-0.2, -0.15) is 20.1 Å². The number of carbonyl (C=O) groups is 1.